The summed E-state index contributed by atoms with van der Waals surface area (Å²) in [5.74, 6) is 5.00. The van der Waals surface area contributed by atoms with E-state index in [0.717, 1.165) is 101 Å². The monoisotopic (exact) mass is 1030 g/mol. The standard InChI is InChI=1S/C76H44BNO3/c1-41-27-33-63-65(35-41)79-68-40-54(44-29-31-53-51-20-8-14-26-60(51)76(62(53)39-44)57-23-11-5-17-48(57)49-18-6-12-24-58(49)76)74-71-72(68)78(63)64-34-32-45(73-69(64)77(71)70-66(80-73)36-42(2)37-67(70)81-74)43-28-30-52-50-19-7-13-25-59(50)75(61(52)38-43)55-21-9-3-15-46(55)47-16-4-10-22-56(47)75/h3-40H,1-2H3. The zero-order valence-electron chi connectivity index (χ0n) is 44.2. The molecule has 0 N–H and O–H groups in total. The molecular weight excluding hydrogens is 986 g/mol. The second-order valence-electron chi connectivity index (χ2n) is 23.4. The fraction of sp³-hybridized carbons (Fsp3) is 0.0526. The van der Waals surface area contributed by atoms with E-state index in [1.165, 1.54) is 89.0 Å². The predicted molar refractivity (Wildman–Crippen MR) is 325 cm³/mol. The van der Waals surface area contributed by atoms with Gasteiger partial charge in [0.05, 0.1) is 22.2 Å². The Morgan fingerprint density at radius 2 is 0.704 bits per heavy atom. The number of nitrogens with zero attached hydrogens (tertiary/aromatic N) is 1. The maximum atomic E-state index is 7.55. The van der Waals surface area contributed by atoms with E-state index in [1.54, 1.807) is 0 Å². The lowest BCUT2D eigenvalue weighted by atomic mass is 9.32. The smallest absolute Gasteiger partial charge is 0.266 e. The minimum atomic E-state index is -0.506. The number of rotatable bonds is 2. The molecule has 0 aromatic heterocycles. The van der Waals surface area contributed by atoms with Crippen molar-refractivity contribution in [3.8, 4) is 101 Å². The van der Waals surface area contributed by atoms with E-state index >= 15 is 0 Å². The van der Waals surface area contributed by atoms with Gasteiger partial charge in [0.15, 0.2) is 11.5 Å². The van der Waals surface area contributed by atoms with Crippen LogP contribution in [0.4, 0.5) is 17.1 Å². The largest absolute Gasteiger partial charge is 0.458 e. The number of benzene rings is 12. The van der Waals surface area contributed by atoms with Gasteiger partial charge in [0.1, 0.15) is 23.0 Å². The summed E-state index contributed by atoms with van der Waals surface area (Å²) >= 11 is 0. The van der Waals surface area contributed by atoms with Crippen LogP contribution < -0.4 is 35.5 Å². The van der Waals surface area contributed by atoms with E-state index < -0.39 is 10.8 Å². The highest BCUT2D eigenvalue weighted by Crippen LogP contribution is 2.66. The van der Waals surface area contributed by atoms with Crippen LogP contribution in [0.15, 0.2) is 231 Å². The van der Waals surface area contributed by atoms with Crippen LogP contribution in [0.3, 0.4) is 0 Å². The van der Waals surface area contributed by atoms with Crippen molar-refractivity contribution in [1.82, 2.24) is 0 Å². The fourth-order valence-corrected chi connectivity index (χ4v) is 16.7. The number of anilines is 3. The molecule has 8 aliphatic rings. The van der Waals surface area contributed by atoms with Crippen molar-refractivity contribution in [3.05, 3.63) is 286 Å². The molecule has 0 atom stereocenters. The first kappa shape index (κ1) is 42.9. The van der Waals surface area contributed by atoms with Crippen molar-refractivity contribution >= 4 is 40.2 Å². The van der Waals surface area contributed by atoms with Gasteiger partial charge < -0.3 is 19.1 Å². The summed E-state index contributed by atoms with van der Waals surface area (Å²) in [5, 5.41) is 0. The molecular formula is C76H44BNO3. The highest BCUT2D eigenvalue weighted by molar-refractivity contribution is 7.01. The fourth-order valence-electron chi connectivity index (χ4n) is 16.7. The molecule has 374 valence electrons. The van der Waals surface area contributed by atoms with E-state index in [-0.39, 0.29) is 6.71 Å². The molecule has 0 radical (unpaired) electrons. The van der Waals surface area contributed by atoms with Crippen molar-refractivity contribution in [2.75, 3.05) is 4.90 Å². The summed E-state index contributed by atoms with van der Waals surface area (Å²) in [6, 6.07) is 86.5. The van der Waals surface area contributed by atoms with Crippen molar-refractivity contribution in [3.63, 3.8) is 0 Å². The topological polar surface area (TPSA) is 30.9 Å². The summed E-state index contributed by atoms with van der Waals surface area (Å²) in [5.41, 5.74) is 32.6. The Morgan fingerprint density at radius 3 is 1.20 bits per heavy atom. The molecule has 0 amide bonds. The maximum absolute atomic E-state index is 7.55. The lowest BCUT2D eigenvalue weighted by molar-refractivity contribution is 0.458. The molecule has 81 heavy (non-hydrogen) atoms. The number of aryl methyl sites for hydroxylation is 2. The Labute approximate surface area is 468 Å². The molecule has 12 aromatic carbocycles. The molecule has 0 fully saturated rings. The second-order valence-corrected chi connectivity index (χ2v) is 23.4. The number of fused-ring (bicyclic) bond motifs is 23. The first-order valence-electron chi connectivity index (χ1n) is 28.3. The average molecular weight is 1030 g/mol. The first-order valence-corrected chi connectivity index (χ1v) is 28.3. The molecule has 0 unspecified atom stereocenters. The van der Waals surface area contributed by atoms with Gasteiger partial charge in [-0.05, 0) is 185 Å². The number of hydrogen-bond donors (Lipinski definition) is 0. The first-order chi connectivity index (χ1) is 40.0. The molecule has 20 rings (SSSR count). The number of hydrogen-bond acceptors (Lipinski definition) is 4. The van der Waals surface area contributed by atoms with Crippen LogP contribution in [0, 0.1) is 13.8 Å². The van der Waals surface area contributed by atoms with Crippen LogP contribution in [0.5, 0.6) is 34.5 Å². The highest BCUT2D eigenvalue weighted by Gasteiger charge is 2.55. The van der Waals surface area contributed by atoms with E-state index in [4.69, 9.17) is 14.2 Å². The Hall–Kier alpha value is -10.1. The molecule has 4 heterocycles. The SMILES string of the molecule is Cc1ccc2c(c1)Oc1cc(-c3ccc4c(c3)C3(c5ccccc5-c5ccccc53)c3ccccc3-4)c3c4c1N2c1ccc(-c2ccc5c(c2)C2(c6ccccc6-c6ccccc62)c2ccccc2-5)c2c1B4c1c(cc(C)cc1O3)O2. The third-order valence-corrected chi connectivity index (χ3v) is 19.6. The molecule has 2 spiro atoms. The van der Waals surface area contributed by atoms with Crippen molar-refractivity contribution in [2.24, 2.45) is 0 Å². The van der Waals surface area contributed by atoms with Gasteiger partial charge in [-0.25, -0.2) is 0 Å². The van der Waals surface area contributed by atoms with Crippen LogP contribution in [0.2, 0.25) is 0 Å². The molecule has 0 saturated heterocycles. The van der Waals surface area contributed by atoms with Crippen LogP contribution in [-0.4, -0.2) is 6.71 Å². The summed E-state index contributed by atoms with van der Waals surface area (Å²) in [7, 11) is 0. The lowest BCUT2D eigenvalue weighted by Crippen LogP contribution is -2.62. The Bertz CT molecular complexity index is 4840. The van der Waals surface area contributed by atoms with Crippen LogP contribution in [-0.2, 0) is 10.8 Å². The average Bonchev–Trinajstić information content (AvgIpc) is 3.82. The van der Waals surface area contributed by atoms with Crippen molar-refractivity contribution < 1.29 is 14.2 Å². The minimum absolute atomic E-state index is 0.226. The molecule has 0 bridgehead atoms. The number of ether oxygens (including phenoxy) is 3. The molecule has 5 heteroatoms. The van der Waals surface area contributed by atoms with E-state index in [2.05, 4.69) is 249 Å². The van der Waals surface area contributed by atoms with Gasteiger partial charge in [0.25, 0.3) is 6.71 Å². The molecule has 12 aromatic rings. The van der Waals surface area contributed by atoms with E-state index in [9.17, 15) is 0 Å². The predicted octanol–water partition coefficient (Wildman–Crippen LogP) is 16.9. The van der Waals surface area contributed by atoms with Gasteiger partial charge in [0.2, 0.25) is 0 Å². The van der Waals surface area contributed by atoms with Crippen molar-refractivity contribution in [2.45, 2.75) is 24.7 Å². The molecule has 4 nitrogen and oxygen atoms in total. The Balaban J connectivity index is 0.844. The summed E-state index contributed by atoms with van der Waals surface area (Å²) in [6.45, 7) is 4.07. The van der Waals surface area contributed by atoms with Gasteiger partial charge in [-0.3, -0.25) is 0 Å². The van der Waals surface area contributed by atoms with Crippen LogP contribution in [0.25, 0.3) is 66.8 Å². The Morgan fingerprint density at radius 1 is 0.296 bits per heavy atom. The van der Waals surface area contributed by atoms with Crippen LogP contribution >= 0.6 is 0 Å². The van der Waals surface area contributed by atoms with Gasteiger partial charge in [-0.1, -0.05) is 176 Å². The zero-order valence-corrected chi connectivity index (χ0v) is 44.2. The van der Waals surface area contributed by atoms with Gasteiger partial charge in [-0.2, -0.15) is 0 Å². The summed E-state index contributed by atoms with van der Waals surface area (Å²) in [6.07, 6.45) is 0. The third-order valence-electron chi connectivity index (χ3n) is 19.6. The maximum Gasteiger partial charge on any atom is 0.266 e. The van der Waals surface area contributed by atoms with Crippen molar-refractivity contribution in [1.29, 1.82) is 0 Å². The third kappa shape index (κ3) is 4.92. The molecule has 0 saturated carbocycles. The van der Waals surface area contributed by atoms with E-state index in [1.807, 2.05) is 0 Å². The minimum Gasteiger partial charge on any atom is -0.458 e. The summed E-state index contributed by atoms with van der Waals surface area (Å²) in [4.78, 5) is 2.44. The second kappa shape index (κ2) is 14.6. The van der Waals surface area contributed by atoms with E-state index in [0.29, 0.717) is 0 Å². The zero-order chi connectivity index (χ0) is 52.8. The van der Waals surface area contributed by atoms with Gasteiger partial charge in [0, 0.05) is 27.7 Å². The quantitative estimate of drug-likeness (QED) is 0.162. The van der Waals surface area contributed by atoms with Gasteiger partial charge >= 0.3 is 0 Å². The van der Waals surface area contributed by atoms with Gasteiger partial charge in [-0.15, -0.1) is 0 Å². The normalized spacial score (nSPS) is 15.2. The lowest BCUT2D eigenvalue weighted by Gasteiger charge is -2.46. The summed E-state index contributed by atoms with van der Waals surface area (Å²) < 4.78 is 22.4. The van der Waals surface area contributed by atoms with Crippen LogP contribution in [0.1, 0.15) is 55.6 Å². The highest BCUT2D eigenvalue weighted by atomic mass is 16.5. The molecule has 4 aliphatic carbocycles. The Kier molecular flexibility index (Phi) is 7.71. The molecule has 4 aliphatic heterocycles.